The monoisotopic (exact) mass is 247 g/mol. The largest absolute Gasteiger partial charge is 0.370 e. The van der Waals surface area contributed by atoms with E-state index in [1.54, 1.807) is 6.20 Å². The van der Waals surface area contributed by atoms with Crippen molar-refractivity contribution in [3.05, 3.63) is 23.9 Å². The molecule has 1 aliphatic heterocycles. The van der Waals surface area contributed by atoms with Crippen molar-refractivity contribution in [1.82, 2.24) is 9.88 Å². The zero-order valence-electron chi connectivity index (χ0n) is 11.0. The Morgan fingerprint density at radius 1 is 1.28 bits per heavy atom. The van der Waals surface area contributed by atoms with Gasteiger partial charge in [-0.15, -0.1) is 0 Å². The Hall–Kier alpha value is -1.58. The summed E-state index contributed by atoms with van der Waals surface area (Å²) in [6, 6.07) is 3.73. The smallest absolute Gasteiger partial charge is 0.255 e. The molecule has 98 valence electrons. The Morgan fingerprint density at radius 2 is 2.00 bits per heavy atom. The van der Waals surface area contributed by atoms with Gasteiger partial charge in [-0.05, 0) is 31.9 Å². The highest BCUT2D eigenvalue weighted by molar-refractivity contribution is 5.94. The van der Waals surface area contributed by atoms with Crippen molar-refractivity contribution in [2.24, 2.45) is 0 Å². The van der Waals surface area contributed by atoms with Crippen molar-refractivity contribution in [3.8, 4) is 0 Å². The summed E-state index contributed by atoms with van der Waals surface area (Å²) in [4.78, 5) is 18.5. The quantitative estimate of drug-likeness (QED) is 0.892. The number of likely N-dealkylation sites (tertiary alicyclic amines) is 1. The van der Waals surface area contributed by atoms with E-state index in [4.69, 9.17) is 0 Å². The van der Waals surface area contributed by atoms with E-state index in [0.717, 1.165) is 38.3 Å². The molecule has 1 amide bonds. The third kappa shape index (κ3) is 3.22. The molecule has 1 aromatic rings. The fraction of sp³-hybridized carbons (Fsp3) is 0.571. The summed E-state index contributed by atoms with van der Waals surface area (Å²) in [5.74, 6) is 0.942. The van der Waals surface area contributed by atoms with Crippen LogP contribution in [0.25, 0.3) is 0 Å². The average Bonchev–Trinajstić information content (AvgIpc) is 2.68. The lowest BCUT2D eigenvalue weighted by molar-refractivity contribution is 0.0761. The molecular formula is C14H21N3O. The fourth-order valence-electron chi connectivity index (χ4n) is 2.26. The van der Waals surface area contributed by atoms with Crippen LogP contribution in [0.1, 0.15) is 43.0 Å². The summed E-state index contributed by atoms with van der Waals surface area (Å²) in [5, 5.41) is 3.13. The van der Waals surface area contributed by atoms with Crippen molar-refractivity contribution in [3.63, 3.8) is 0 Å². The topological polar surface area (TPSA) is 45.2 Å². The SMILES string of the molecule is CCNc1ccc(C(=O)N2CCCCCC2)cn1. The van der Waals surface area contributed by atoms with Gasteiger partial charge >= 0.3 is 0 Å². The van der Waals surface area contributed by atoms with Crippen LogP contribution in [-0.4, -0.2) is 35.4 Å². The Bertz CT molecular complexity index is 381. The van der Waals surface area contributed by atoms with Crippen LogP contribution in [0.5, 0.6) is 0 Å². The second-order valence-electron chi connectivity index (χ2n) is 4.67. The first-order valence-corrected chi connectivity index (χ1v) is 6.80. The standard InChI is InChI=1S/C14H21N3O/c1-2-15-13-8-7-12(11-16-13)14(18)17-9-5-3-4-6-10-17/h7-8,11H,2-6,9-10H2,1H3,(H,15,16). The molecule has 2 heterocycles. The minimum absolute atomic E-state index is 0.118. The molecule has 1 saturated heterocycles. The lowest BCUT2D eigenvalue weighted by Gasteiger charge is -2.20. The lowest BCUT2D eigenvalue weighted by Crippen LogP contribution is -2.31. The third-order valence-electron chi connectivity index (χ3n) is 3.26. The number of nitrogens with one attached hydrogen (secondary N) is 1. The number of aromatic nitrogens is 1. The van der Waals surface area contributed by atoms with Gasteiger partial charge in [-0.25, -0.2) is 4.98 Å². The van der Waals surface area contributed by atoms with E-state index in [-0.39, 0.29) is 5.91 Å². The predicted octanol–water partition coefficient (Wildman–Crippen LogP) is 2.53. The number of hydrogen-bond acceptors (Lipinski definition) is 3. The second kappa shape index (κ2) is 6.38. The number of hydrogen-bond donors (Lipinski definition) is 1. The zero-order valence-corrected chi connectivity index (χ0v) is 11.0. The Kier molecular flexibility index (Phi) is 4.56. The summed E-state index contributed by atoms with van der Waals surface area (Å²) in [6.07, 6.45) is 6.39. The van der Waals surface area contributed by atoms with Crippen LogP contribution >= 0.6 is 0 Å². The summed E-state index contributed by atoms with van der Waals surface area (Å²) >= 11 is 0. The van der Waals surface area contributed by atoms with Crippen LogP contribution in [0.15, 0.2) is 18.3 Å². The van der Waals surface area contributed by atoms with Gasteiger partial charge in [0.15, 0.2) is 0 Å². The molecule has 4 nitrogen and oxygen atoms in total. The van der Waals surface area contributed by atoms with Crippen molar-refractivity contribution in [2.75, 3.05) is 25.0 Å². The van der Waals surface area contributed by atoms with Crippen LogP contribution < -0.4 is 5.32 Å². The molecule has 0 saturated carbocycles. The molecule has 4 heteroatoms. The number of anilines is 1. The normalized spacial score (nSPS) is 16.2. The number of amides is 1. The van der Waals surface area contributed by atoms with E-state index in [9.17, 15) is 4.79 Å². The van der Waals surface area contributed by atoms with Crippen molar-refractivity contribution in [2.45, 2.75) is 32.6 Å². The first kappa shape index (κ1) is 12.9. The van der Waals surface area contributed by atoms with E-state index < -0.39 is 0 Å². The van der Waals surface area contributed by atoms with Crippen LogP contribution in [0.3, 0.4) is 0 Å². The van der Waals surface area contributed by atoms with Gasteiger partial charge in [-0.3, -0.25) is 4.79 Å². The van der Waals surface area contributed by atoms with Gasteiger partial charge < -0.3 is 10.2 Å². The van der Waals surface area contributed by atoms with Gasteiger partial charge in [0.1, 0.15) is 5.82 Å². The second-order valence-corrected chi connectivity index (χ2v) is 4.67. The number of carbonyl (C=O) groups excluding carboxylic acids is 1. The van der Waals surface area contributed by atoms with Gasteiger partial charge in [0, 0.05) is 25.8 Å². The minimum Gasteiger partial charge on any atom is -0.370 e. The molecule has 2 rings (SSSR count). The lowest BCUT2D eigenvalue weighted by atomic mass is 10.2. The molecule has 1 fully saturated rings. The molecule has 0 radical (unpaired) electrons. The summed E-state index contributed by atoms with van der Waals surface area (Å²) in [5.41, 5.74) is 0.693. The minimum atomic E-state index is 0.118. The molecule has 1 aromatic heterocycles. The van der Waals surface area contributed by atoms with Crippen LogP contribution in [-0.2, 0) is 0 Å². The van der Waals surface area contributed by atoms with Gasteiger partial charge in [-0.1, -0.05) is 12.8 Å². The maximum Gasteiger partial charge on any atom is 0.255 e. The van der Waals surface area contributed by atoms with Gasteiger partial charge in [-0.2, -0.15) is 0 Å². The number of nitrogens with zero attached hydrogens (tertiary/aromatic N) is 2. The van der Waals surface area contributed by atoms with Crippen LogP contribution in [0.4, 0.5) is 5.82 Å². The predicted molar refractivity (Wildman–Crippen MR) is 72.8 cm³/mol. The molecule has 0 atom stereocenters. The first-order valence-electron chi connectivity index (χ1n) is 6.80. The van der Waals surface area contributed by atoms with E-state index in [0.29, 0.717) is 5.56 Å². The highest BCUT2D eigenvalue weighted by atomic mass is 16.2. The molecule has 0 unspecified atom stereocenters. The Morgan fingerprint density at radius 3 is 2.56 bits per heavy atom. The van der Waals surface area contributed by atoms with Gasteiger partial charge in [0.25, 0.3) is 5.91 Å². The number of carbonyl (C=O) groups is 1. The van der Waals surface area contributed by atoms with E-state index >= 15 is 0 Å². The van der Waals surface area contributed by atoms with E-state index in [1.807, 2.05) is 24.0 Å². The third-order valence-corrected chi connectivity index (χ3v) is 3.26. The highest BCUT2D eigenvalue weighted by Gasteiger charge is 2.17. The Balaban J connectivity index is 2.02. The van der Waals surface area contributed by atoms with Crippen LogP contribution in [0.2, 0.25) is 0 Å². The molecule has 1 aliphatic rings. The Labute approximate surface area is 108 Å². The van der Waals surface area contributed by atoms with Crippen molar-refractivity contribution in [1.29, 1.82) is 0 Å². The zero-order chi connectivity index (χ0) is 12.8. The summed E-state index contributed by atoms with van der Waals surface area (Å²) in [6.45, 7) is 4.63. The maximum atomic E-state index is 12.3. The average molecular weight is 247 g/mol. The summed E-state index contributed by atoms with van der Waals surface area (Å²) in [7, 11) is 0. The van der Waals surface area contributed by atoms with Crippen molar-refractivity contribution >= 4 is 11.7 Å². The van der Waals surface area contributed by atoms with Gasteiger partial charge in [0.05, 0.1) is 5.56 Å². The van der Waals surface area contributed by atoms with Crippen molar-refractivity contribution < 1.29 is 4.79 Å². The molecule has 0 bridgehead atoms. The fourth-order valence-corrected chi connectivity index (χ4v) is 2.26. The number of rotatable bonds is 3. The molecular weight excluding hydrogens is 226 g/mol. The molecule has 18 heavy (non-hydrogen) atoms. The molecule has 1 N–H and O–H groups in total. The molecule has 0 spiro atoms. The highest BCUT2D eigenvalue weighted by Crippen LogP contribution is 2.13. The van der Waals surface area contributed by atoms with Gasteiger partial charge in [0.2, 0.25) is 0 Å². The summed E-state index contributed by atoms with van der Waals surface area (Å²) < 4.78 is 0. The van der Waals surface area contributed by atoms with E-state index in [1.165, 1.54) is 12.8 Å². The molecule has 0 aromatic carbocycles. The van der Waals surface area contributed by atoms with Crippen LogP contribution in [0, 0.1) is 0 Å². The van der Waals surface area contributed by atoms with E-state index in [2.05, 4.69) is 10.3 Å². The maximum absolute atomic E-state index is 12.3. The molecule has 0 aliphatic carbocycles. The first-order chi connectivity index (χ1) is 8.81. The number of pyridine rings is 1.